The summed E-state index contributed by atoms with van der Waals surface area (Å²) in [5.74, 6) is 0.779. The van der Waals surface area contributed by atoms with Gasteiger partial charge in [0.2, 0.25) is 0 Å². The molecule has 0 unspecified atom stereocenters. The molecule has 1 aliphatic heterocycles. The molecular weight excluding hydrogens is 354 g/mol. The number of likely N-dealkylation sites (tertiary alicyclic amines) is 1. The second kappa shape index (κ2) is 7.13. The van der Waals surface area contributed by atoms with Crippen LogP contribution in [0.3, 0.4) is 0 Å². The van der Waals surface area contributed by atoms with Gasteiger partial charge < -0.3 is 10.2 Å². The van der Waals surface area contributed by atoms with Crippen LogP contribution in [0, 0.1) is 5.92 Å². The van der Waals surface area contributed by atoms with E-state index in [4.69, 9.17) is 0 Å². The lowest BCUT2D eigenvalue weighted by Crippen LogP contribution is -2.37. The number of anilines is 2. The highest BCUT2D eigenvalue weighted by atomic mass is 79.9. The van der Waals surface area contributed by atoms with Crippen molar-refractivity contribution < 1.29 is 4.79 Å². The number of pyridine rings is 1. The first-order chi connectivity index (χ1) is 11.1. The fourth-order valence-corrected chi connectivity index (χ4v) is 3.12. The Morgan fingerprint density at radius 3 is 2.74 bits per heavy atom. The lowest BCUT2D eigenvalue weighted by Gasteiger charge is -2.30. The normalized spacial score (nSPS) is 15.5. The second-order valence-corrected chi connectivity index (χ2v) is 6.90. The first-order valence-corrected chi connectivity index (χ1v) is 8.68. The van der Waals surface area contributed by atoms with Gasteiger partial charge in [0.15, 0.2) is 0 Å². The molecule has 1 N–H and O–H groups in total. The topological polar surface area (TPSA) is 45.2 Å². The van der Waals surface area contributed by atoms with Crippen LogP contribution in [-0.2, 0) is 0 Å². The van der Waals surface area contributed by atoms with E-state index in [0.717, 1.165) is 41.8 Å². The molecule has 0 atom stereocenters. The summed E-state index contributed by atoms with van der Waals surface area (Å²) in [4.78, 5) is 18.8. The molecule has 1 aromatic heterocycles. The summed E-state index contributed by atoms with van der Waals surface area (Å²) in [6.45, 7) is 3.91. The number of nitrogens with zero attached hydrogens (tertiary/aromatic N) is 2. The summed E-state index contributed by atoms with van der Waals surface area (Å²) in [5, 5.41) is 3.30. The molecule has 4 nitrogen and oxygen atoms in total. The molecule has 0 radical (unpaired) electrons. The lowest BCUT2D eigenvalue weighted by molar-refractivity contribution is 0.0697. The molecule has 23 heavy (non-hydrogen) atoms. The largest absolute Gasteiger partial charge is 0.353 e. The van der Waals surface area contributed by atoms with E-state index in [1.807, 2.05) is 35.2 Å². The van der Waals surface area contributed by atoms with Crippen LogP contribution in [0.4, 0.5) is 11.4 Å². The van der Waals surface area contributed by atoms with Gasteiger partial charge in [-0.15, -0.1) is 0 Å². The molecule has 5 heteroatoms. The third kappa shape index (κ3) is 3.91. The number of benzene rings is 1. The molecule has 0 aliphatic carbocycles. The molecule has 3 rings (SSSR count). The van der Waals surface area contributed by atoms with Crippen LogP contribution in [-0.4, -0.2) is 28.9 Å². The third-order valence-corrected chi connectivity index (χ3v) is 4.90. The highest BCUT2D eigenvalue weighted by Crippen LogP contribution is 2.26. The lowest BCUT2D eigenvalue weighted by atomic mass is 9.99. The van der Waals surface area contributed by atoms with Crippen molar-refractivity contribution in [2.45, 2.75) is 19.8 Å². The van der Waals surface area contributed by atoms with E-state index >= 15 is 0 Å². The number of piperidine rings is 1. The maximum atomic E-state index is 12.6. The molecule has 1 amide bonds. The van der Waals surface area contributed by atoms with E-state index in [1.54, 1.807) is 12.4 Å². The highest BCUT2D eigenvalue weighted by molar-refractivity contribution is 9.10. The molecule has 1 fully saturated rings. The molecular formula is C18H20BrN3O. The van der Waals surface area contributed by atoms with Crippen LogP contribution in [0.1, 0.15) is 30.1 Å². The smallest absolute Gasteiger partial charge is 0.255 e. The van der Waals surface area contributed by atoms with Gasteiger partial charge in [-0.3, -0.25) is 9.78 Å². The van der Waals surface area contributed by atoms with Crippen LogP contribution in [0.5, 0.6) is 0 Å². The maximum Gasteiger partial charge on any atom is 0.255 e. The Hall–Kier alpha value is -1.88. The predicted molar refractivity (Wildman–Crippen MR) is 96.0 cm³/mol. The van der Waals surface area contributed by atoms with Gasteiger partial charge in [-0.25, -0.2) is 0 Å². The first-order valence-electron chi connectivity index (χ1n) is 7.89. The van der Waals surface area contributed by atoms with Crippen molar-refractivity contribution in [3.8, 4) is 0 Å². The number of nitrogens with one attached hydrogen (secondary N) is 1. The van der Waals surface area contributed by atoms with Crippen molar-refractivity contribution in [2.24, 2.45) is 5.92 Å². The SMILES string of the molecule is CC1CCN(C(=O)c2cncc(Nc3ccccc3Br)c2)CC1. The number of hydrogen-bond donors (Lipinski definition) is 1. The fraction of sp³-hybridized carbons (Fsp3) is 0.333. The Bertz CT molecular complexity index is 696. The number of carbonyl (C=O) groups is 1. The molecule has 0 bridgehead atoms. The maximum absolute atomic E-state index is 12.6. The monoisotopic (exact) mass is 373 g/mol. The number of halogens is 1. The van der Waals surface area contributed by atoms with Gasteiger partial charge in [0, 0.05) is 23.8 Å². The third-order valence-electron chi connectivity index (χ3n) is 4.21. The zero-order valence-corrected chi connectivity index (χ0v) is 14.7. The van der Waals surface area contributed by atoms with Crippen LogP contribution in [0.2, 0.25) is 0 Å². The number of para-hydroxylation sites is 1. The minimum Gasteiger partial charge on any atom is -0.353 e. The summed E-state index contributed by atoms with van der Waals surface area (Å²) in [7, 11) is 0. The Kier molecular flexibility index (Phi) is 4.96. The Morgan fingerprint density at radius 1 is 1.26 bits per heavy atom. The molecule has 1 aliphatic rings. The number of rotatable bonds is 3. The molecule has 1 aromatic carbocycles. The van der Waals surface area contributed by atoms with Gasteiger partial charge in [0.05, 0.1) is 23.1 Å². The van der Waals surface area contributed by atoms with Crippen molar-refractivity contribution in [2.75, 3.05) is 18.4 Å². The van der Waals surface area contributed by atoms with Crippen LogP contribution >= 0.6 is 15.9 Å². The number of carbonyl (C=O) groups excluding carboxylic acids is 1. The molecule has 2 aromatic rings. The zero-order valence-electron chi connectivity index (χ0n) is 13.1. The molecule has 0 saturated carbocycles. The summed E-state index contributed by atoms with van der Waals surface area (Å²) >= 11 is 3.51. The molecule has 120 valence electrons. The summed E-state index contributed by atoms with van der Waals surface area (Å²) in [6, 6.07) is 9.74. The van der Waals surface area contributed by atoms with Crippen molar-refractivity contribution in [3.05, 3.63) is 52.8 Å². The van der Waals surface area contributed by atoms with Crippen molar-refractivity contribution >= 4 is 33.2 Å². The van der Waals surface area contributed by atoms with Crippen molar-refractivity contribution in [1.29, 1.82) is 0 Å². The van der Waals surface area contributed by atoms with Crippen molar-refractivity contribution in [3.63, 3.8) is 0 Å². The Morgan fingerprint density at radius 2 is 2.00 bits per heavy atom. The van der Waals surface area contributed by atoms with Crippen LogP contribution in [0.15, 0.2) is 47.2 Å². The summed E-state index contributed by atoms with van der Waals surface area (Å²) in [6.07, 6.45) is 5.53. The van der Waals surface area contributed by atoms with E-state index in [1.165, 1.54) is 0 Å². The number of hydrogen-bond acceptors (Lipinski definition) is 3. The van der Waals surface area contributed by atoms with Gasteiger partial charge >= 0.3 is 0 Å². The first kappa shape index (κ1) is 16.0. The minimum absolute atomic E-state index is 0.0696. The summed E-state index contributed by atoms with van der Waals surface area (Å²) < 4.78 is 0.974. The van der Waals surface area contributed by atoms with E-state index in [2.05, 4.69) is 33.2 Å². The fourth-order valence-electron chi connectivity index (χ4n) is 2.74. The highest BCUT2D eigenvalue weighted by Gasteiger charge is 2.21. The standard InChI is InChI=1S/C18H20BrN3O/c1-13-6-8-22(9-7-13)18(23)14-10-15(12-20-11-14)21-17-5-3-2-4-16(17)19/h2-5,10-13,21H,6-9H2,1H3. The van der Waals surface area contributed by atoms with E-state index in [9.17, 15) is 4.79 Å². The average Bonchev–Trinajstić information content (AvgIpc) is 2.57. The Labute approximate surface area is 145 Å². The van der Waals surface area contributed by atoms with E-state index in [-0.39, 0.29) is 5.91 Å². The van der Waals surface area contributed by atoms with Gasteiger partial charge in [-0.2, -0.15) is 0 Å². The number of aromatic nitrogens is 1. The quantitative estimate of drug-likeness (QED) is 0.863. The average molecular weight is 374 g/mol. The van der Waals surface area contributed by atoms with Crippen LogP contribution in [0.25, 0.3) is 0 Å². The summed E-state index contributed by atoms with van der Waals surface area (Å²) in [5.41, 5.74) is 2.40. The second-order valence-electron chi connectivity index (χ2n) is 6.04. The van der Waals surface area contributed by atoms with Crippen molar-refractivity contribution in [1.82, 2.24) is 9.88 Å². The molecule has 0 spiro atoms. The molecule has 1 saturated heterocycles. The van der Waals surface area contributed by atoms with Gasteiger partial charge in [0.1, 0.15) is 0 Å². The number of amides is 1. The van der Waals surface area contributed by atoms with E-state index in [0.29, 0.717) is 11.5 Å². The van der Waals surface area contributed by atoms with Gasteiger partial charge in [-0.05, 0) is 52.9 Å². The minimum atomic E-state index is 0.0696. The Balaban J connectivity index is 1.75. The molecule has 2 heterocycles. The van der Waals surface area contributed by atoms with Gasteiger partial charge in [0.25, 0.3) is 5.91 Å². The van der Waals surface area contributed by atoms with Crippen LogP contribution < -0.4 is 5.32 Å². The van der Waals surface area contributed by atoms with E-state index < -0.39 is 0 Å². The predicted octanol–water partition coefficient (Wildman–Crippen LogP) is 4.46. The zero-order chi connectivity index (χ0) is 16.2. The van der Waals surface area contributed by atoms with Gasteiger partial charge in [-0.1, -0.05) is 19.1 Å².